The first-order chi connectivity index (χ1) is 9.93. The lowest BCUT2D eigenvalue weighted by atomic mass is 10.0. The molecule has 1 amide bonds. The highest BCUT2D eigenvalue weighted by Gasteiger charge is 2.46. The van der Waals surface area contributed by atoms with Gasteiger partial charge in [0.25, 0.3) is 20.2 Å². The Balaban J connectivity index is 3.13. The van der Waals surface area contributed by atoms with Gasteiger partial charge in [0, 0.05) is 14.0 Å². The third-order valence-electron chi connectivity index (χ3n) is 2.63. The number of rotatable bonds is 6. The second-order valence-corrected chi connectivity index (χ2v) is 7.97. The highest BCUT2D eigenvalue weighted by atomic mass is 32.2. The minimum absolute atomic E-state index is 0.236. The molecule has 130 valence electrons. The Kier molecular flexibility index (Phi) is 6.29. The average Bonchev–Trinajstić information content (AvgIpc) is 2.29. The normalized spacial score (nSPS) is 30.0. The highest BCUT2D eigenvalue weighted by molar-refractivity contribution is 7.86. The molecule has 0 saturated carbocycles. The Bertz CT molecular complexity index is 600. The molecule has 1 saturated heterocycles. The van der Waals surface area contributed by atoms with Gasteiger partial charge in [-0.3, -0.25) is 13.2 Å². The van der Waals surface area contributed by atoms with Gasteiger partial charge in [-0.25, -0.2) is 0 Å². The predicted octanol–water partition coefficient (Wildman–Crippen LogP) is -1.82. The molecule has 1 fully saturated rings. The summed E-state index contributed by atoms with van der Waals surface area (Å²) in [5, 5.41) is 2.41. The van der Waals surface area contributed by atoms with E-state index in [1.165, 1.54) is 14.0 Å². The lowest BCUT2D eigenvalue weighted by Crippen LogP contribution is -2.62. The number of carbonyl (C=O) groups is 1. The molecule has 12 heteroatoms. The van der Waals surface area contributed by atoms with E-state index < -0.39 is 50.7 Å². The Morgan fingerprint density at radius 1 is 1.14 bits per heavy atom. The fraction of sp³-hybridized carbons (Fsp3) is 0.900. The van der Waals surface area contributed by atoms with Crippen molar-refractivity contribution >= 4 is 26.1 Å². The molecule has 0 unspecified atom stereocenters. The summed E-state index contributed by atoms with van der Waals surface area (Å²) >= 11 is 0. The summed E-state index contributed by atoms with van der Waals surface area (Å²) < 4.78 is 65.2. The largest absolute Gasteiger partial charge is 0.353 e. The van der Waals surface area contributed by atoms with Crippen molar-refractivity contribution in [2.45, 2.75) is 31.5 Å². The monoisotopic (exact) mass is 361 g/mol. The summed E-state index contributed by atoms with van der Waals surface area (Å²) in [5.41, 5.74) is 0. The number of carbonyl (C=O) groups excluding carboxylic acids is 1. The average molecular weight is 361 g/mol. The highest BCUT2D eigenvalue weighted by Crippen LogP contribution is 2.23. The fourth-order valence-electron chi connectivity index (χ4n) is 2.00. The summed E-state index contributed by atoms with van der Waals surface area (Å²) in [4.78, 5) is 11.3. The molecular weight excluding hydrogens is 342 g/mol. The summed E-state index contributed by atoms with van der Waals surface area (Å²) in [5.74, 6) is -0.522. The first-order valence-electron chi connectivity index (χ1n) is 6.11. The van der Waals surface area contributed by atoms with Gasteiger partial charge in [0.1, 0.15) is 6.10 Å². The first kappa shape index (κ1) is 19.3. The molecule has 0 aromatic rings. The zero-order valence-electron chi connectivity index (χ0n) is 12.5. The smallest absolute Gasteiger partial charge is 0.264 e. The molecule has 1 aliphatic rings. The molecule has 1 aliphatic heterocycles. The van der Waals surface area contributed by atoms with Crippen molar-refractivity contribution in [3.05, 3.63) is 0 Å². The molecule has 0 aromatic carbocycles. The molecule has 0 aromatic heterocycles. The molecule has 0 radical (unpaired) electrons. The molecule has 0 aliphatic carbocycles. The van der Waals surface area contributed by atoms with Crippen LogP contribution in [0.2, 0.25) is 0 Å². The van der Waals surface area contributed by atoms with Gasteiger partial charge in [-0.2, -0.15) is 16.8 Å². The van der Waals surface area contributed by atoms with E-state index in [1.54, 1.807) is 0 Å². The van der Waals surface area contributed by atoms with Crippen LogP contribution in [0.3, 0.4) is 0 Å². The maximum absolute atomic E-state index is 11.4. The van der Waals surface area contributed by atoms with Gasteiger partial charge >= 0.3 is 0 Å². The van der Waals surface area contributed by atoms with Gasteiger partial charge < -0.3 is 14.8 Å². The van der Waals surface area contributed by atoms with E-state index in [4.69, 9.17) is 17.8 Å². The standard InChI is InChI=1S/C10H19NO9S2/c1-6(12)11-8-7(19-21(3,13)14)5-18-10(17-2)9(8)20-22(4,15)16/h7-10H,5H2,1-4H3,(H,11,12)/t7-,8+,9+,10-/m0/s1. The number of ether oxygens (including phenoxy) is 2. The summed E-state index contributed by atoms with van der Waals surface area (Å²) in [6.07, 6.45) is -1.94. The molecule has 1 rings (SSSR count). The van der Waals surface area contributed by atoms with Crippen LogP contribution in [0.1, 0.15) is 6.92 Å². The van der Waals surface area contributed by atoms with Crippen LogP contribution in [0, 0.1) is 0 Å². The minimum atomic E-state index is -3.92. The maximum Gasteiger partial charge on any atom is 0.264 e. The Morgan fingerprint density at radius 2 is 1.68 bits per heavy atom. The van der Waals surface area contributed by atoms with E-state index in [-0.39, 0.29) is 6.61 Å². The van der Waals surface area contributed by atoms with E-state index in [1.807, 2.05) is 0 Å². The SMILES string of the molecule is CO[C@H]1OC[C@H](OS(C)(=O)=O)[C@@H](NC(C)=O)[C@H]1OS(C)(=O)=O. The van der Waals surface area contributed by atoms with Crippen LogP contribution in [0.5, 0.6) is 0 Å². The van der Waals surface area contributed by atoms with Crippen molar-refractivity contribution < 1.29 is 39.5 Å². The number of methoxy groups -OCH3 is 1. The quantitative estimate of drug-likeness (QED) is 0.543. The number of nitrogens with one attached hydrogen (secondary N) is 1. The molecule has 10 nitrogen and oxygen atoms in total. The zero-order valence-corrected chi connectivity index (χ0v) is 14.1. The van der Waals surface area contributed by atoms with E-state index in [0.29, 0.717) is 0 Å². The Morgan fingerprint density at radius 3 is 2.09 bits per heavy atom. The molecular formula is C10H19NO9S2. The summed E-state index contributed by atoms with van der Waals surface area (Å²) in [6, 6.07) is -1.10. The van der Waals surface area contributed by atoms with Crippen LogP contribution in [0.25, 0.3) is 0 Å². The van der Waals surface area contributed by atoms with Gasteiger partial charge in [-0.1, -0.05) is 0 Å². The Hall–Kier alpha value is -0.790. The first-order valence-corrected chi connectivity index (χ1v) is 9.74. The summed E-state index contributed by atoms with van der Waals surface area (Å²) in [6.45, 7) is 0.951. The van der Waals surface area contributed by atoms with E-state index in [2.05, 4.69) is 5.32 Å². The third kappa shape index (κ3) is 6.14. The molecule has 0 bridgehead atoms. The lowest BCUT2D eigenvalue weighted by molar-refractivity contribution is -0.223. The van der Waals surface area contributed by atoms with Crippen LogP contribution >= 0.6 is 0 Å². The van der Waals surface area contributed by atoms with Crippen molar-refractivity contribution in [2.24, 2.45) is 0 Å². The third-order valence-corrected chi connectivity index (χ3v) is 3.80. The second kappa shape index (κ2) is 7.19. The number of hydrogen-bond acceptors (Lipinski definition) is 9. The van der Waals surface area contributed by atoms with Gasteiger partial charge in [-0.15, -0.1) is 0 Å². The molecule has 4 atom stereocenters. The zero-order chi connectivity index (χ0) is 17.1. The molecule has 1 heterocycles. The number of hydrogen-bond donors (Lipinski definition) is 1. The van der Waals surface area contributed by atoms with Crippen LogP contribution in [0.15, 0.2) is 0 Å². The lowest BCUT2D eigenvalue weighted by Gasteiger charge is -2.40. The van der Waals surface area contributed by atoms with Gasteiger partial charge in [0.2, 0.25) is 5.91 Å². The predicted molar refractivity (Wildman–Crippen MR) is 73.8 cm³/mol. The van der Waals surface area contributed by atoms with Crippen LogP contribution < -0.4 is 5.32 Å². The molecule has 22 heavy (non-hydrogen) atoms. The van der Waals surface area contributed by atoms with Crippen molar-refractivity contribution in [3.8, 4) is 0 Å². The van der Waals surface area contributed by atoms with Crippen LogP contribution in [-0.2, 0) is 42.9 Å². The van der Waals surface area contributed by atoms with E-state index >= 15 is 0 Å². The minimum Gasteiger partial charge on any atom is -0.353 e. The van der Waals surface area contributed by atoms with Crippen molar-refractivity contribution in [1.29, 1.82) is 0 Å². The fourth-order valence-corrected chi connectivity index (χ4v) is 3.24. The van der Waals surface area contributed by atoms with Gasteiger partial charge in [0.15, 0.2) is 12.4 Å². The second-order valence-electron chi connectivity index (χ2n) is 4.77. The van der Waals surface area contributed by atoms with Crippen molar-refractivity contribution in [2.75, 3.05) is 26.2 Å². The van der Waals surface area contributed by atoms with Gasteiger partial charge in [-0.05, 0) is 0 Å². The van der Waals surface area contributed by atoms with E-state index in [0.717, 1.165) is 12.5 Å². The van der Waals surface area contributed by atoms with E-state index in [9.17, 15) is 21.6 Å². The van der Waals surface area contributed by atoms with Crippen molar-refractivity contribution in [3.63, 3.8) is 0 Å². The van der Waals surface area contributed by atoms with Crippen LogP contribution in [0.4, 0.5) is 0 Å². The van der Waals surface area contributed by atoms with Crippen LogP contribution in [-0.4, -0.2) is 73.5 Å². The topological polar surface area (TPSA) is 134 Å². The summed E-state index contributed by atoms with van der Waals surface area (Å²) in [7, 11) is -6.52. The Labute approximate surface area is 129 Å². The van der Waals surface area contributed by atoms with Gasteiger partial charge in [0.05, 0.1) is 25.2 Å². The van der Waals surface area contributed by atoms with Crippen molar-refractivity contribution in [1.82, 2.24) is 5.32 Å². The molecule has 0 spiro atoms. The maximum atomic E-state index is 11.4. The number of amides is 1. The molecule has 1 N–H and O–H groups in total.